The van der Waals surface area contributed by atoms with E-state index in [0.29, 0.717) is 36.9 Å². The zero-order valence-electron chi connectivity index (χ0n) is 17.2. The van der Waals surface area contributed by atoms with Crippen molar-refractivity contribution in [2.45, 2.75) is 39.3 Å². The van der Waals surface area contributed by atoms with Crippen LogP contribution >= 0.6 is 24.0 Å². The van der Waals surface area contributed by atoms with Gasteiger partial charge in [0.15, 0.2) is 5.96 Å². The third kappa shape index (κ3) is 8.06. The monoisotopic (exact) mass is 514 g/mol. The Bertz CT molecular complexity index is 776. The lowest BCUT2D eigenvalue weighted by atomic mass is 10.0. The van der Waals surface area contributed by atoms with Crippen LogP contribution in [0.5, 0.6) is 0 Å². The molecular weight excluding hydrogens is 483 g/mol. The van der Waals surface area contributed by atoms with Gasteiger partial charge in [-0.25, -0.2) is 4.99 Å². The highest BCUT2D eigenvalue weighted by Crippen LogP contribution is 2.19. The topological polar surface area (TPSA) is 98.9 Å². The van der Waals surface area contributed by atoms with E-state index in [0.717, 1.165) is 12.0 Å². The lowest BCUT2D eigenvalue weighted by molar-refractivity contribution is 0.0386. The Hall–Kier alpha value is -2.07. The Morgan fingerprint density at radius 2 is 1.97 bits per heavy atom. The predicted molar refractivity (Wildman–Crippen MR) is 126 cm³/mol. The van der Waals surface area contributed by atoms with Gasteiger partial charge in [0.2, 0.25) is 0 Å². The molecule has 1 amide bonds. The first-order chi connectivity index (χ1) is 13.5. The SMILES string of the molecule is CCCNC(=O)c1cccc(CN=C(NCC)NCC(C)(O)c2ccco2)c1.I. The van der Waals surface area contributed by atoms with E-state index in [4.69, 9.17) is 4.42 Å². The zero-order chi connectivity index (χ0) is 20.4. The fraction of sp³-hybridized carbons (Fsp3) is 0.429. The summed E-state index contributed by atoms with van der Waals surface area (Å²) in [5.74, 6) is 0.990. The third-order valence-electron chi connectivity index (χ3n) is 4.14. The van der Waals surface area contributed by atoms with E-state index in [-0.39, 0.29) is 36.4 Å². The Kier molecular flexibility index (Phi) is 10.7. The van der Waals surface area contributed by atoms with Crippen LogP contribution in [-0.4, -0.2) is 36.6 Å². The Morgan fingerprint density at radius 1 is 1.17 bits per heavy atom. The Morgan fingerprint density at radius 3 is 2.62 bits per heavy atom. The normalized spacial score (nSPS) is 13.2. The van der Waals surface area contributed by atoms with E-state index in [2.05, 4.69) is 20.9 Å². The molecule has 8 heteroatoms. The first-order valence-electron chi connectivity index (χ1n) is 9.62. The van der Waals surface area contributed by atoms with Crippen LogP contribution < -0.4 is 16.0 Å². The van der Waals surface area contributed by atoms with Crippen LogP contribution in [-0.2, 0) is 12.1 Å². The van der Waals surface area contributed by atoms with Crippen molar-refractivity contribution in [1.29, 1.82) is 0 Å². The van der Waals surface area contributed by atoms with Gasteiger partial charge in [0.1, 0.15) is 11.4 Å². The maximum absolute atomic E-state index is 12.1. The van der Waals surface area contributed by atoms with Crippen LogP contribution in [0.1, 0.15) is 48.9 Å². The third-order valence-corrected chi connectivity index (χ3v) is 4.14. The minimum atomic E-state index is -1.16. The van der Waals surface area contributed by atoms with Gasteiger partial charge in [-0.15, -0.1) is 24.0 Å². The Labute approximate surface area is 189 Å². The number of nitrogens with one attached hydrogen (secondary N) is 3. The summed E-state index contributed by atoms with van der Waals surface area (Å²) in [6, 6.07) is 10.9. The van der Waals surface area contributed by atoms with Crippen molar-refractivity contribution in [2.75, 3.05) is 19.6 Å². The summed E-state index contributed by atoms with van der Waals surface area (Å²) in [5.41, 5.74) is 0.399. The lowest BCUT2D eigenvalue weighted by Gasteiger charge is -2.22. The van der Waals surface area contributed by atoms with Crippen LogP contribution in [0.15, 0.2) is 52.1 Å². The molecule has 0 fully saturated rings. The number of benzene rings is 1. The molecule has 1 aromatic carbocycles. The van der Waals surface area contributed by atoms with E-state index in [9.17, 15) is 9.90 Å². The van der Waals surface area contributed by atoms with Gasteiger partial charge in [0, 0.05) is 18.7 Å². The van der Waals surface area contributed by atoms with Gasteiger partial charge in [-0.05, 0) is 50.1 Å². The molecule has 0 spiro atoms. The number of rotatable bonds is 9. The number of guanidine groups is 1. The molecule has 0 aliphatic carbocycles. The summed E-state index contributed by atoms with van der Waals surface area (Å²) < 4.78 is 5.30. The van der Waals surface area contributed by atoms with Crippen LogP contribution in [0.2, 0.25) is 0 Å². The Balaban J connectivity index is 0.00000420. The summed E-state index contributed by atoms with van der Waals surface area (Å²) in [6.07, 6.45) is 2.43. The van der Waals surface area contributed by atoms with Crippen LogP contribution in [0.25, 0.3) is 0 Å². The maximum Gasteiger partial charge on any atom is 0.251 e. The number of aliphatic imine (C=N–C) groups is 1. The summed E-state index contributed by atoms with van der Waals surface area (Å²) >= 11 is 0. The van der Waals surface area contributed by atoms with Crippen molar-refractivity contribution >= 4 is 35.8 Å². The molecule has 1 aromatic heterocycles. The lowest BCUT2D eigenvalue weighted by Crippen LogP contribution is -2.44. The maximum atomic E-state index is 12.1. The van der Waals surface area contributed by atoms with E-state index in [1.807, 2.05) is 32.0 Å². The average molecular weight is 514 g/mol. The van der Waals surface area contributed by atoms with Crippen molar-refractivity contribution < 1.29 is 14.3 Å². The molecule has 29 heavy (non-hydrogen) atoms. The van der Waals surface area contributed by atoms with Crippen LogP contribution in [0, 0.1) is 0 Å². The summed E-state index contributed by atoms with van der Waals surface area (Å²) in [6.45, 7) is 7.67. The first-order valence-corrected chi connectivity index (χ1v) is 9.62. The largest absolute Gasteiger partial charge is 0.466 e. The molecule has 0 aliphatic heterocycles. The summed E-state index contributed by atoms with van der Waals surface area (Å²) in [4.78, 5) is 16.7. The minimum absolute atomic E-state index is 0. The molecule has 4 N–H and O–H groups in total. The molecule has 0 radical (unpaired) electrons. The van der Waals surface area contributed by atoms with Crippen molar-refractivity contribution in [3.63, 3.8) is 0 Å². The van der Waals surface area contributed by atoms with Gasteiger partial charge >= 0.3 is 0 Å². The molecule has 1 atom stereocenters. The number of amides is 1. The molecule has 160 valence electrons. The van der Waals surface area contributed by atoms with Gasteiger partial charge in [0.25, 0.3) is 5.91 Å². The fourth-order valence-corrected chi connectivity index (χ4v) is 2.59. The molecule has 0 aliphatic rings. The number of carbonyl (C=O) groups is 1. The number of hydrogen-bond acceptors (Lipinski definition) is 4. The first kappa shape index (κ1) is 25.0. The number of aliphatic hydroxyl groups is 1. The number of hydrogen-bond donors (Lipinski definition) is 4. The van der Waals surface area contributed by atoms with Crippen molar-refractivity contribution in [3.8, 4) is 0 Å². The molecule has 0 saturated heterocycles. The van der Waals surface area contributed by atoms with Crippen molar-refractivity contribution in [2.24, 2.45) is 4.99 Å². The van der Waals surface area contributed by atoms with Crippen LogP contribution in [0.4, 0.5) is 0 Å². The molecule has 0 bridgehead atoms. The summed E-state index contributed by atoms with van der Waals surface area (Å²) in [5, 5.41) is 19.7. The average Bonchev–Trinajstić information content (AvgIpc) is 3.24. The fourth-order valence-electron chi connectivity index (χ4n) is 2.59. The molecule has 2 rings (SSSR count). The standard InChI is InChI=1S/C21H30N4O3.HI/c1-4-11-23-19(26)17-9-6-8-16(13-17)14-24-20(22-5-2)25-15-21(3,27)18-10-7-12-28-18;/h6-10,12-13,27H,4-5,11,14-15H2,1-3H3,(H,23,26)(H2,22,24,25);1H. The van der Waals surface area contributed by atoms with E-state index in [1.54, 1.807) is 25.1 Å². The van der Waals surface area contributed by atoms with Crippen molar-refractivity contribution in [3.05, 3.63) is 59.5 Å². The molecular formula is C21H31IN4O3. The van der Waals surface area contributed by atoms with E-state index < -0.39 is 5.60 Å². The number of halogens is 1. The minimum Gasteiger partial charge on any atom is -0.466 e. The predicted octanol–water partition coefficient (Wildman–Crippen LogP) is 3.00. The van der Waals surface area contributed by atoms with Gasteiger partial charge in [-0.1, -0.05) is 19.1 Å². The zero-order valence-corrected chi connectivity index (χ0v) is 19.5. The van der Waals surface area contributed by atoms with Crippen molar-refractivity contribution in [1.82, 2.24) is 16.0 Å². The summed E-state index contributed by atoms with van der Waals surface area (Å²) in [7, 11) is 0. The van der Waals surface area contributed by atoms with E-state index in [1.165, 1.54) is 6.26 Å². The second-order valence-corrected chi connectivity index (χ2v) is 6.76. The van der Waals surface area contributed by atoms with Gasteiger partial charge in [0.05, 0.1) is 19.4 Å². The highest BCUT2D eigenvalue weighted by Gasteiger charge is 2.26. The quantitative estimate of drug-likeness (QED) is 0.234. The molecule has 1 heterocycles. The van der Waals surface area contributed by atoms with Gasteiger partial charge < -0.3 is 25.5 Å². The number of furan rings is 1. The highest BCUT2D eigenvalue weighted by atomic mass is 127. The molecule has 2 aromatic rings. The number of carbonyl (C=O) groups excluding carboxylic acids is 1. The van der Waals surface area contributed by atoms with E-state index >= 15 is 0 Å². The van der Waals surface area contributed by atoms with Gasteiger partial charge in [-0.2, -0.15) is 0 Å². The molecule has 0 saturated carbocycles. The van der Waals surface area contributed by atoms with Crippen LogP contribution in [0.3, 0.4) is 0 Å². The molecule has 7 nitrogen and oxygen atoms in total. The number of nitrogens with zero attached hydrogens (tertiary/aromatic N) is 1. The van der Waals surface area contributed by atoms with Gasteiger partial charge in [-0.3, -0.25) is 4.79 Å². The second kappa shape index (κ2) is 12.5. The second-order valence-electron chi connectivity index (χ2n) is 6.76. The smallest absolute Gasteiger partial charge is 0.251 e. The molecule has 1 unspecified atom stereocenters. The highest BCUT2D eigenvalue weighted by molar-refractivity contribution is 14.0.